The Kier molecular flexibility index (Phi) is 5.00. The molecule has 4 aromatic rings. The maximum absolute atomic E-state index is 17.5. The minimum atomic E-state index is -2.45. The summed E-state index contributed by atoms with van der Waals surface area (Å²) in [7, 11) is 0. The van der Waals surface area contributed by atoms with Crippen LogP contribution in [0.1, 0.15) is 43.0 Å². The molecule has 3 aliphatic carbocycles. The second-order valence-electron chi connectivity index (χ2n) is 8.90. The molecule has 0 saturated carbocycles. The zero-order chi connectivity index (χ0) is 24.9. The Balaban J connectivity index is 1.54. The number of esters is 2. The van der Waals surface area contributed by atoms with Gasteiger partial charge in [0.2, 0.25) is 11.3 Å². The highest BCUT2D eigenvalue weighted by Gasteiger charge is 2.71. The number of carbonyl (C=O) groups excluding carboxylic acids is 2. The van der Waals surface area contributed by atoms with Crippen LogP contribution in [-0.2, 0) is 20.8 Å². The first-order chi connectivity index (χ1) is 17.5. The Hall–Kier alpha value is -4.32. The molecule has 0 saturated heterocycles. The van der Waals surface area contributed by atoms with Gasteiger partial charge in [-0.2, -0.15) is 0 Å². The maximum Gasteiger partial charge on any atom is 0.338 e. The molecule has 0 fully saturated rings. The second kappa shape index (κ2) is 8.12. The number of hydrogen-bond acceptors (Lipinski definition) is 4. The molecule has 0 N–H and O–H groups in total. The average molecular weight is 482 g/mol. The normalized spacial score (nSPS) is 25.4. The quantitative estimate of drug-likeness (QED) is 0.341. The molecule has 36 heavy (non-hydrogen) atoms. The van der Waals surface area contributed by atoms with Crippen molar-refractivity contribution in [3.8, 4) is 0 Å². The highest BCUT2D eigenvalue weighted by Crippen LogP contribution is 2.62. The minimum absolute atomic E-state index is 0.0454. The molecule has 4 nitrogen and oxygen atoms in total. The van der Waals surface area contributed by atoms with Crippen molar-refractivity contribution < 1.29 is 27.8 Å². The highest BCUT2D eigenvalue weighted by molar-refractivity contribution is 5.91. The molecule has 178 valence electrons. The number of rotatable bonds is 4. The molecular weight excluding hydrogens is 462 g/mol. The molecule has 0 spiro atoms. The van der Waals surface area contributed by atoms with Crippen LogP contribution in [0.3, 0.4) is 0 Å². The lowest BCUT2D eigenvalue weighted by molar-refractivity contribution is -0.155. The van der Waals surface area contributed by atoms with E-state index in [0.29, 0.717) is 0 Å². The second-order valence-corrected chi connectivity index (χ2v) is 8.90. The molecule has 2 unspecified atom stereocenters. The average Bonchev–Trinajstić information content (AvgIpc) is 2.93. The largest absolute Gasteiger partial charge is 0.450 e. The Morgan fingerprint density at radius 2 is 0.778 bits per heavy atom. The first kappa shape index (κ1) is 22.2. The number of hydrogen-bond donors (Lipinski definition) is 0. The minimum Gasteiger partial charge on any atom is -0.450 e. The standard InChI is InChI=1S/C30H20F2O4/c31-29-21-15-7-9-17-23(21)30(32,24-18-10-8-16-22(24)29)26(36-28(34)20-13-5-2-6-14-20)25(29)35-27(33)19-11-3-1-4-12-19/h1-18,25-26H/t25?,26?,29-,30+. The molecule has 0 radical (unpaired) electrons. The van der Waals surface area contributed by atoms with Crippen LogP contribution in [0.15, 0.2) is 109 Å². The third-order valence-electron chi connectivity index (χ3n) is 6.97. The van der Waals surface area contributed by atoms with E-state index in [4.69, 9.17) is 9.47 Å². The van der Waals surface area contributed by atoms with E-state index in [0.717, 1.165) is 0 Å². The maximum atomic E-state index is 17.5. The molecule has 6 heteroatoms. The van der Waals surface area contributed by atoms with E-state index >= 15 is 8.78 Å². The Bertz CT molecular complexity index is 1310. The number of carbonyl (C=O) groups is 2. The molecule has 2 bridgehead atoms. The fraction of sp³-hybridized carbons (Fsp3) is 0.133. The SMILES string of the molecule is O=C(OC1C(OC(=O)c2ccccc2)[C@]2(F)c3ccccc3[C@@]1(F)c1ccccc12)c1ccccc1. The van der Waals surface area contributed by atoms with Crippen molar-refractivity contribution in [2.24, 2.45) is 0 Å². The lowest BCUT2D eigenvalue weighted by atomic mass is 9.57. The highest BCUT2D eigenvalue weighted by atomic mass is 19.2. The summed E-state index contributed by atoms with van der Waals surface area (Å²) in [5, 5.41) is 0. The monoisotopic (exact) mass is 482 g/mol. The topological polar surface area (TPSA) is 52.6 Å². The van der Waals surface area contributed by atoms with Crippen molar-refractivity contribution in [2.75, 3.05) is 0 Å². The number of benzene rings is 4. The van der Waals surface area contributed by atoms with Gasteiger partial charge in [0.15, 0.2) is 12.2 Å². The van der Waals surface area contributed by atoms with Crippen LogP contribution in [0.5, 0.6) is 0 Å². The van der Waals surface area contributed by atoms with E-state index in [9.17, 15) is 9.59 Å². The molecule has 4 aromatic carbocycles. The van der Waals surface area contributed by atoms with E-state index in [1.54, 1.807) is 60.7 Å². The summed E-state index contributed by atoms with van der Waals surface area (Å²) in [5.41, 5.74) is -4.38. The van der Waals surface area contributed by atoms with Crippen LogP contribution in [0.4, 0.5) is 8.78 Å². The number of fused-ring (bicyclic) bond motifs is 1. The first-order valence-electron chi connectivity index (χ1n) is 11.6. The molecule has 0 heterocycles. The van der Waals surface area contributed by atoms with Crippen molar-refractivity contribution in [1.82, 2.24) is 0 Å². The smallest absolute Gasteiger partial charge is 0.338 e. The molecule has 2 atom stereocenters. The number of alkyl halides is 2. The fourth-order valence-corrected chi connectivity index (χ4v) is 5.36. The molecule has 0 aromatic heterocycles. The van der Waals surface area contributed by atoms with Gasteiger partial charge in [-0.05, 0) is 24.3 Å². The Morgan fingerprint density at radius 1 is 0.500 bits per heavy atom. The van der Waals surface area contributed by atoms with Crippen molar-refractivity contribution in [2.45, 2.75) is 23.5 Å². The van der Waals surface area contributed by atoms with Gasteiger partial charge in [-0.25, -0.2) is 18.4 Å². The van der Waals surface area contributed by atoms with E-state index in [2.05, 4.69) is 0 Å². The molecule has 0 aliphatic heterocycles. The van der Waals surface area contributed by atoms with Crippen LogP contribution in [0.2, 0.25) is 0 Å². The van der Waals surface area contributed by atoms with Crippen molar-refractivity contribution in [3.05, 3.63) is 143 Å². The van der Waals surface area contributed by atoms with E-state index in [1.807, 2.05) is 0 Å². The van der Waals surface area contributed by atoms with Crippen LogP contribution in [0.25, 0.3) is 0 Å². The van der Waals surface area contributed by atoms with Gasteiger partial charge < -0.3 is 9.47 Å². The lowest BCUT2D eigenvalue weighted by Gasteiger charge is -2.54. The summed E-state index contributed by atoms with van der Waals surface area (Å²) in [4.78, 5) is 26.2. The molecule has 0 amide bonds. The van der Waals surface area contributed by atoms with Crippen LogP contribution < -0.4 is 0 Å². The summed E-state index contributed by atoms with van der Waals surface area (Å²) in [6.45, 7) is 0. The predicted molar refractivity (Wildman–Crippen MR) is 128 cm³/mol. The summed E-state index contributed by atoms with van der Waals surface area (Å²) in [5.74, 6) is -1.69. The third-order valence-corrected chi connectivity index (χ3v) is 6.97. The lowest BCUT2D eigenvalue weighted by Crippen LogP contribution is -2.65. The van der Waals surface area contributed by atoms with Gasteiger partial charge in [-0.15, -0.1) is 0 Å². The Labute approximate surface area is 206 Å². The predicted octanol–water partition coefficient (Wildman–Crippen LogP) is 5.89. The summed E-state index contributed by atoms with van der Waals surface area (Å²) >= 11 is 0. The van der Waals surface area contributed by atoms with E-state index in [1.165, 1.54) is 48.5 Å². The van der Waals surface area contributed by atoms with Crippen molar-refractivity contribution >= 4 is 11.9 Å². The summed E-state index contributed by atoms with van der Waals surface area (Å²) in [6, 6.07) is 28.5. The zero-order valence-corrected chi connectivity index (χ0v) is 18.9. The van der Waals surface area contributed by atoms with Gasteiger partial charge >= 0.3 is 11.9 Å². The first-order valence-corrected chi connectivity index (χ1v) is 11.6. The van der Waals surface area contributed by atoms with E-state index in [-0.39, 0.29) is 33.4 Å². The van der Waals surface area contributed by atoms with Crippen LogP contribution >= 0.6 is 0 Å². The van der Waals surface area contributed by atoms with Gasteiger partial charge in [0.1, 0.15) is 0 Å². The van der Waals surface area contributed by atoms with Gasteiger partial charge in [-0.3, -0.25) is 0 Å². The fourth-order valence-electron chi connectivity index (χ4n) is 5.36. The van der Waals surface area contributed by atoms with Crippen LogP contribution in [0, 0.1) is 0 Å². The third kappa shape index (κ3) is 3.04. The number of halogens is 2. The van der Waals surface area contributed by atoms with Crippen molar-refractivity contribution in [3.63, 3.8) is 0 Å². The summed E-state index contributed by atoms with van der Waals surface area (Å²) < 4.78 is 46.4. The molecule has 3 aliphatic rings. The Morgan fingerprint density at radius 3 is 1.08 bits per heavy atom. The zero-order valence-electron chi connectivity index (χ0n) is 18.9. The van der Waals surface area contributed by atoms with Gasteiger partial charge in [-0.1, -0.05) is 84.9 Å². The van der Waals surface area contributed by atoms with Gasteiger partial charge in [0, 0.05) is 22.3 Å². The van der Waals surface area contributed by atoms with Crippen molar-refractivity contribution in [1.29, 1.82) is 0 Å². The van der Waals surface area contributed by atoms with Gasteiger partial charge in [0.05, 0.1) is 11.1 Å². The van der Waals surface area contributed by atoms with Gasteiger partial charge in [0.25, 0.3) is 0 Å². The molecular formula is C30H20F2O4. The number of ether oxygens (including phenoxy) is 2. The van der Waals surface area contributed by atoms with E-state index < -0.39 is 35.5 Å². The molecule has 7 rings (SSSR count). The van der Waals surface area contributed by atoms with Crippen LogP contribution in [-0.4, -0.2) is 24.1 Å². The summed E-state index contributed by atoms with van der Waals surface area (Å²) in [6.07, 6.45) is -3.54.